The highest BCUT2D eigenvalue weighted by atomic mass is 16.2. The van der Waals surface area contributed by atoms with Crippen molar-refractivity contribution in [2.45, 2.75) is 25.9 Å². The van der Waals surface area contributed by atoms with Gasteiger partial charge in [-0.15, -0.1) is 0 Å². The lowest BCUT2D eigenvalue weighted by molar-refractivity contribution is 0.384. The number of hydrogen-bond donors (Lipinski definition) is 2. The molecule has 0 spiro atoms. The minimum Gasteiger partial charge on any atom is -0.351 e. The van der Waals surface area contributed by atoms with Crippen LogP contribution in [-0.2, 0) is 13.1 Å². The molecular formula is C30H32N6O4. The Hall–Kier alpha value is -4.28. The van der Waals surface area contributed by atoms with Gasteiger partial charge in [-0.25, -0.2) is 0 Å². The van der Waals surface area contributed by atoms with E-state index in [0.29, 0.717) is 56.2 Å². The average molecular weight is 541 g/mol. The van der Waals surface area contributed by atoms with Crippen LogP contribution in [-0.4, -0.2) is 70.2 Å². The van der Waals surface area contributed by atoms with E-state index in [0.717, 1.165) is 24.1 Å². The molecule has 6 rings (SSSR count). The number of aromatic nitrogens is 4. The van der Waals surface area contributed by atoms with Crippen molar-refractivity contribution in [3.63, 3.8) is 0 Å². The average Bonchev–Trinajstić information content (AvgIpc) is 2.92. The van der Waals surface area contributed by atoms with Crippen LogP contribution < -0.4 is 22.2 Å². The van der Waals surface area contributed by atoms with Gasteiger partial charge in [0, 0.05) is 34.6 Å². The third-order valence-electron chi connectivity index (χ3n) is 7.74. The number of nitrogens with one attached hydrogen (secondary N) is 2. The molecule has 206 valence electrons. The summed E-state index contributed by atoms with van der Waals surface area (Å²) in [5.74, 6) is 0. The summed E-state index contributed by atoms with van der Waals surface area (Å²) in [6.45, 7) is 1.96. The molecule has 0 aliphatic rings. The molecule has 0 radical (unpaired) electrons. The molecule has 0 bridgehead atoms. The lowest BCUT2D eigenvalue weighted by Gasteiger charge is -2.18. The number of hydrogen-bond acceptors (Lipinski definition) is 6. The van der Waals surface area contributed by atoms with Gasteiger partial charge in [0.25, 0.3) is 22.2 Å². The fraction of sp³-hybridized carbons (Fsp3) is 0.333. The van der Waals surface area contributed by atoms with Crippen molar-refractivity contribution < 1.29 is 0 Å². The van der Waals surface area contributed by atoms with Crippen molar-refractivity contribution in [3.8, 4) is 0 Å². The number of pyridine rings is 2. The highest BCUT2D eigenvalue weighted by Gasteiger charge is 2.25. The second-order valence-corrected chi connectivity index (χ2v) is 11.0. The minimum absolute atomic E-state index is 0.261. The molecule has 0 fully saturated rings. The first-order chi connectivity index (χ1) is 19.2. The predicted octanol–water partition coefficient (Wildman–Crippen LogP) is 2.49. The molecule has 6 aromatic rings. The molecule has 0 unspecified atom stereocenters. The largest absolute Gasteiger partial charge is 0.351 e. The highest BCUT2D eigenvalue weighted by Crippen LogP contribution is 2.35. The Morgan fingerprint density at radius 3 is 1.35 bits per heavy atom. The Kier molecular flexibility index (Phi) is 6.31. The number of benzene rings is 3. The molecule has 0 atom stereocenters. The van der Waals surface area contributed by atoms with Crippen LogP contribution in [0.5, 0.6) is 0 Å². The van der Waals surface area contributed by atoms with Gasteiger partial charge in [-0.2, -0.15) is 0 Å². The zero-order chi connectivity index (χ0) is 28.3. The van der Waals surface area contributed by atoms with E-state index in [1.165, 1.54) is 9.13 Å². The summed E-state index contributed by atoms with van der Waals surface area (Å²) in [4.78, 5) is 66.3. The van der Waals surface area contributed by atoms with Crippen molar-refractivity contribution in [1.29, 1.82) is 0 Å². The third kappa shape index (κ3) is 3.94. The molecule has 0 saturated carbocycles. The SMILES string of the molecule is CN(C)CCCn1c(=O)c2ccc3c(=O)n(CCCN(C)C)c(=O)c4c5[nH]c6ccccc6[nH]c5c(c1=O)c2c34. The monoisotopic (exact) mass is 540 g/mol. The Morgan fingerprint density at radius 2 is 0.975 bits per heavy atom. The summed E-state index contributed by atoms with van der Waals surface area (Å²) in [7, 11) is 7.77. The van der Waals surface area contributed by atoms with Gasteiger partial charge in [-0.05, 0) is 78.4 Å². The molecule has 0 aliphatic heterocycles. The number of aromatic amines is 2. The molecule has 3 aromatic heterocycles. The van der Waals surface area contributed by atoms with E-state index in [1.54, 1.807) is 12.1 Å². The lowest BCUT2D eigenvalue weighted by atomic mass is 9.94. The quantitative estimate of drug-likeness (QED) is 0.226. The smallest absolute Gasteiger partial charge is 0.263 e. The minimum atomic E-state index is -0.432. The first-order valence-electron chi connectivity index (χ1n) is 13.5. The number of H-pyrrole nitrogens is 2. The molecule has 3 heterocycles. The Bertz CT molecular complexity index is 2010. The summed E-state index contributed by atoms with van der Waals surface area (Å²) in [5, 5.41) is 1.99. The predicted molar refractivity (Wildman–Crippen MR) is 161 cm³/mol. The van der Waals surface area contributed by atoms with Crippen molar-refractivity contribution in [2.75, 3.05) is 41.3 Å². The fourth-order valence-electron chi connectivity index (χ4n) is 5.87. The lowest BCUT2D eigenvalue weighted by Crippen LogP contribution is -2.36. The second kappa shape index (κ2) is 9.72. The van der Waals surface area contributed by atoms with Gasteiger partial charge in [-0.3, -0.25) is 28.3 Å². The molecule has 0 amide bonds. The number of fused-ring (bicyclic) bond motifs is 4. The van der Waals surface area contributed by atoms with Gasteiger partial charge in [0.2, 0.25) is 0 Å². The number of para-hydroxylation sites is 2. The third-order valence-corrected chi connectivity index (χ3v) is 7.74. The van der Waals surface area contributed by atoms with E-state index in [1.807, 2.05) is 62.3 Å². The van der Waals surface area contributed by atoms with Crippen LogP contribution >= 0.6 is 0 Å². The summed E-state index contributed by atoms with van der Waals surface area (Å²) in [5.41, 5.74) is 0.716. The molecular weight excluding hydrogens is 508 g/mol. The van der Waals surface area contributed by atoms with Crippen LogP contribution in [0.1, 0.15) is 12.8 Å². The zero-order valence-electron chi connectivity index (χ0n) is 23.1. The maximum absolute atomic E-state index is 14.1. The van der Waals surface area contributed by atoms with E-state index in [-0.39, 0.29) is 13.1 Å². The first-order valence-corrected chi connectivity index (χ1v) is 13.5. The van der Waals surface area contributed by atoms with Gasteiger partial charge in [0.1, 0.15) is 0 Å². The maximum Gasteiger partial charge on any atom is 0.263 e. The van der Waals surface area contributed by atoms with Gasteiger partial charge >= 0.3 is 0 Å². The zero-order valence-corrected chi connectivity index (χ0v) is 23.1. The fourth-order valence-corrected chi connectivity index (χ4v) is 5.87. The van der Waals surface area contributed by atoms with Gasteiger partial charge in [-0.1, -0.05) is 12.1 Å². The molecule has 3 aromatic carbocycles. The van der Waals surface area contributed by atoms with E-state index < -0.39 is 22.2 Å². The molecule has 0 saturated heterocycles. The molecule has 40 heavy (non-hydrogen) atoms. The van der Waals surface area contributed by atoms with E-state index in [4.69, 9.17) is 0 Å². The van der Waals surface area contributed by atoms with Crippen molar-refractivity contribution >= 4 is 54.4 Å². The van der Waals surface area contributed by atoms with Crippen LogP contribution in [0.4, 0.5) is 0 Å². The molecule has 0 aliphatic carbocycles. The van der Waals surface area contributed by atoms with Crippen LogP contribution in [0.2, 0.25) is 0 Å². The van der Waals surface area contributed by atoms with Gasteiger partial charge in [0.15, 0.2) is 0 Å². The molecule has 10 nitrogen and oxygen atoms in total. The summed E-state index contributed by atoms with van der Waals surface area (Å²) in [6.07, 6.45) is 1.24. The van der Waals surface area contributed by atoms with Crippen LogP contribution in [0.15, 0.2) is 55.6 Å². The van der Waals surface area contributed by atoms with Crippen molar-refractivity contribution in [1.82, 2.24) is 28.9 Å². The van der Waals surface area contributed by atoms with Gasteiger partial charge in [0.05, 0.1) is 32.8 Å². The van der Waals surface area contributed by atoms with E-state index in [9.17, 15) is 19.2 Å². The van der Waals surface area contributed by atoms with Crippen molar-refractivity contribution in [3.05, 3.63) is 77.8 Å². The van der Waals surface area contributed by atoms with Crippen LogP contribution in [0.3, 0.4) is 0 Å². The number of nitrogens with zero attached hydrogens (tertiary/aromatic N) is 4. The normalized spacial score (nSPS) is 12.4. The van der Waals surface area contributed by atoms with Crippen molar-refractivity contribution in [2.24, 2.45) is 0 Å². The van der Waals surface area contributed by atoms with E-state index >= 15 is 0 Å². The first kappa shape index (κ1) is 26.0. The summed E-state index contributed by atoms with van der Waals surface area (Å²) < 4.78 is 2.57. The standard InChI is InChI=1S/C30H32N6O4/c1-33(2)13-7-15-35-27(37)17-11-12-18-22-21(17)23(29(35)39)25-26(32-20-10-6-5-9-19(20)31-25)24(22)30(40)36(28(18)38)16-8-14-34(3)4/h5-6,9-12,31-32H,7-8,13-16H2,1-4H3. The second-order valence-electron chi connectivity index (χ2n) is 11.0. The number of rotatable bonds is 8. The molecule has 10 heteroatoms. The Labute approximate surface area is 228 Å². The summed E-state index contributed by atoms with van der Waals surface area (Å²) >= 11 is 0. The van der Waals surface area contributed by atoms with Crippen LogP contribution in [0, 0.1) is 0 Å². The Balaban J connectivity index is 1.81. The highest BCUT2D eigenvalue weighted by molar-refractivity contribution is 6.32. The molecule has 2 N–H and O–H groups in total. The Morgan fingerprint density at radius 1 is 0.575 bits per heavy atom. The summed E-state index contributed by atoms with van der Waals surface area (Å²) in [6, 6.07) is 10.8. The topological polar surface area (TPSA) is 116 Å². The van der Waals surface area contributed by atoms with E-state index in [2.05, 4.69) is 9.97 Å². The maximum atomic E-state index is 14.1. The van der Waals surface area contributed by atoms with Gasteiger partial charge < -0.3 is 19.8 Å². The van der Waals surface area contributed by atoms with Crippen LogP contribution in [0.25, 0.3) is 54.4 Å².